The van der Waals surface area contributed by atoms with Crippen molar-refractivity contribution in [3.05, 3.63) is 29.8 Å². The number of halogens is 2. The molecule has 0 bridgehead atoms. The van der Waals surface area contributed by atoms with Crippen LogP contribution in [-0.4, -0.2) is 24.9 Å². The third-order valence-corrected chi connectivity index (χ3v) is 1.42. The smallest absolute Gasteiger partial charge is 0.450 e. The molecular formula is C6H5B2F2O3. The maximum Gasteiger partial charge on any atom is 0.477 e. The zero-order valence-electron chi connectivity index (χ0n) is 6.45. The molecule has 1 rings (SSSR count). The summed E-state index contributed by atoms with van der Waals surface area (Å²) in [6.45, 7) is 0. The van der Waals surface area contributed by atoms with E-state index in [1.54, 1.807) is 0 Å². The molecule has 1 radical (unpaired) electrons. The first-order chi connectivity index (χ1) is 6.15. The second kappa shape index (κ2) is 4.36. The molecule has 2 N–H and O–H groups in total. The second-order valence-corrected chi connectivity index (χ2v) is 2.27. The van der Waals surface area contributed by atoms with Crippen LogP contribution in [0.4, 0.5) is 8.78 Å². The highest BCUT2D eigenvalue weighted by Crippen LogP contribution is 2.02. The van der Waals surface area contributed by atoms with Crippen LogP contribution >= 0.6 is 0 Å². The van der Waals surface area contributed by atoms with Crippen LogP contribution in [0.25, 0.3) is 0 Å². The Hall–Kier alpha value is -0.910. The average molecular weight is 185 g/mol. The largest absolute Gasteiger partial charge is 0.477 e. The van der Waals surface area contributed by atoms with E-state index in [1.807, 2.05) is 0 Å². The van der Waals surface area contributed by atoms with E-state index in [9.17, 15) is 8.78 Å². The minimum Gasteiger partial charge on any atom is -0.450 e. The van der Waals surface area contributed by atoms with Gasteiger partial charge in [0.15, 0.2) is 11.6 Å². The Morgan fingerprint density at radius 2 is 2.00 bits per heavy atom. The molecule has 0 aliphatic carbocycles. The predicted molar refractivity (Wildman–Crippen MR) is 43.0 cm³/mol. The van der Waals surface area contributed by atoms with E-state index in [0.717, 1.165) is 18.2 Å². The molecule has 0 atom stereocenters. The van der Waals surface area contributed by atoms with Crippen molar-refractivity contribution in [2.45, 2.75) is 0 Å². The van der Waals surface area contributed by atoms with Gasteiger partial charge in [-0.15, -0.1) is 0 Å². The van der Waals surface area contributed by atoms with Gasteiger partial charge in [-0.3, -0.25) is 0 Å². The summed E-state index contributed by atoms with van der Waals surface area (Å²) in [5, 5.41) is 17.2. The van der Waals surface area contributed by atoms with E-state index >= 15 is 0 Å². The summed E-state index contributed by atoms with van der Waals surface area (Å²) in [5.74, 6) is -2.10. The van der Waals surface area contributed by atoms with Gasteiger partial charge in [0.2, 0.25) is 0 Å². The normalized spacial score (nSPS) is 9.85. The zero-order chi connectivity index (χ0) is 9.84. The van der Waals surface area contributed by atoms with E-state index in [2.05, 4.69) is 4.57 Å². The van der Waals surface area contributed by atoms with Gasteiger partial charge in [-0.25, -0.2) is 8.78 Å². The third kappa shape index (κ3) is 2.51. The number of hydrogen-bond donors (Lipinski definition) is 2. The van der Waals surface area contributed by atoms with Crippen molar-refractivity contribution in [3.8, 4) is 0 Å². The molecule has 13 heavy (non-hydrogen) atoms. The highest BCUT2D eigenvalue weighted by molar-refractivity contribution is 6.63. The van der Waals surface area contributed by atoms with Crippen molar-refractivity contribution in [1.29, 1.82) is 0 Å². The van der Waals surface area contributed by atoms with Crippen LogP contribution in [0.15, 0.2) is 18.2 Å². The van der Waals surface area contributed by atoms with Gasteiger partial charge < -0.3 is 14.6 Å². The Kier molecular flexibility index (Phi) is 3.41. The van der Waals surface area contributed by atoms with E-state index in [4.69, 9.17) is 10.0 Å². The predicted octanol–water partition coefficient (Wildman–Crippen LogP) is -0.805. The van der Waals surface area contributed by atoms with Crippen molar-refractivity contribution in [2.75, 3.05) is 0 Å². The molecule has 0 saturated heterocycles. The van der Waals surface area contributed by atoms with Crippen molar-refractivity contribution in [3.63, 3.8) is 0 Å². The van der Waals surface area contributed by atoms with E-state index in [0.29, 0.717) is 0 Å². The summed E-state index contributed by atoms with van der Waals surface area (Å²) in [6, 6.07) is 2.78. The lowest BCUT2D eigenvalue weighted by atomic mass is 9.78. The monoisotopic (exact) mass is 185 g/mol. The molecule has 0 fully saturated rings. The standard InChI is InChI=1S/C6H5B2F2O3/c9-5-2-1-4(3-6(5)10)8(12)13-7-11/h1-3,11-12H. The molecule has 0 aliphatic heterocycles. The Morgan fingerprint density at radius 1 is 1.31 bits per heavy atom. The lowest BCUT2D eigenvalue weighted by Crippen LogP contribution is -2.35. The van der Waals surface area contributed by atoms with Gasteiger partial charge in [0.1, 0.15) is 0 Å². The van der Waals surface area contributed by atoms with Gasteiger partial charge in [0, 0.05) is 0 Å². The molecule has 0 heterocycles. The molecule has 0 spiro atoms. The SMILES string of the molecule is O[B]OB(O)c1ccc(F)c(F)c1. The maximum absolute atomic E-state index is 12.6. The Bertz CT molecular complexity index is 297. The summed E-state index contributed by atoms with van der Waals surface area (Å²) in [7, 11) is -1.23. The zero-order valence-corrected chi connectivity index (χ0v) is 6.45. The molecule has 3 nitrogen and oxygen atoms in total. The van der Waals surface area contributed by atoms with Gasteiger partial charge in [-0.1, -0.05) is 6.07 Å². The fourth-order valence-electron chi connectivity index (χ4n) is 0.802. The first-order valence-corrected chi connectivity index (χ1v) is 3.39. The van der Waals surface area contributed by atoms with E-state index < -0.39 is 18.8 Å². The summed E-state index contributed by atoms with van der Waals surface area (Å²) in [4.78, 5) is 0. The van der Waals surface area contributed by atoms with Crippen LogP contribution in [0.1, 0.15) is 0 Å². The van der Waals surface area contributed by atoms with Gasteiger partial charge in [0.05, 0.1) is 0 Å². The van der Waals surface area contributed by atoms with Gasteiger partial charge in [-0.05, 0) is 17.6 Å². The molecule has 0 saturated carbocycles. The molecule has 0 aliphatic rings. The fourth-order valence-corrected chi connectivity index (χ4v) is 0.802. The number of benzene rings is 1. The van der Waals surface area contributed by atoms with Gasteiger partial charge >= 0.3 is 14.8 Å². The summed E-state index contributed by atoms with van der Waals surface area (Å²) >= 11 is 0. The summed E-state index contributed by atoms with van der Waals surface area (Å²) in [6.07, 6.45) is 0. The van der Waals surface area contributed by atoms with Gasteiger partial charge in [0.25, 0.3) is 0 Å². The van der Waals surface area contributed by atoms with Crippen LogP contribution in [-0.2, 0) is 4.57 Å². The highest BCUT2D eigenvalue weighted by Gasteiger charge is 2.17. The molecule has 1 aromatic rings. The van der Waals surface area contributed by atoms with Crippen LogP contribution in [0, 0.1) is 11.6 Å². The van der Waals surface area contributed by atoms with Crippen LogP contribution in [0.3, 0.4) is 0 Å². The lowest BCUT2D eigenvalue weighted by Gasteiger charge is -2.04. The third-order valence-electron chi connectivity index (χ3n) is 1.42. The van der Waals surface area contributed by atoms with Crippen molar-refractivity contribution < 1.29 is 23.4 Å². The fraction of sp³-hybridized carbons (Fsp3) is 0. The van der Waals surface area contributed by atoms with Crippen molar-refractivity contribution in [2.24, 2.45) is 0 Å². The molecule has 67 valence electrons. The molecule has 7 heteroatoms. The van der Waals surface area contributed by atoms with Crippen LogP contribution < -0.4 is 5.46 Å². The molecule has 0 aromatic heterocycles. The van der Waals surface area contributed by atoms with Crippen molar-refractivity contribution in [1.82, 2.24) is 0 Å². The second-order valence-electron chi connectivity index (χ2n) is 2.27. The summed E-state index contributed by atoms with van der Waals surface area (Å²) in [5.41, 5.74) is 0.0178. The Labute approximate surface area is 74.4 Å². The van der Waals surface area contributed by atoms with Crippen LogP contribution in [0.5, 0.6) is 0 Å². The minimum atomic E-state index is -1.50. The Balaban J connectivity index is 2.84. The van der Waals surface area contributed by atoms with Crippen molar-refractivity contribution >= 4 is 20.3 Å². The molecule has 0 unspecified atom stereocenters. The maximum atomic E-state index is 12.6. The Morgan fingerprint density at radius 3 is 2.54 bits per heavy atom. The van der Waals surface area contributed by atoms with E-state index in [-0.39, 0.29) is 13.1 Å². The quantitative estimate of drug-likeness (QED) is 0.605. The average Bonchev–Trinajstić information content (AvgIpc) is 2.10. The van der Waals surface area contributed by atoms with E-state index in [1.165, 1.54) is 0 Å². The molecule has 1 aromatic carbocycles. The molecule has 0 amide bonds. The first kappa shape index (κ1) is 10.2. The van der Waals surface area contributed by atoms with Gasteiger partial charge in [-0.2, -0.15) is 0 Å². The lowest BCUT2D eigenvalue weighted by molar-refractivity contribution is 0.392. The molecular weight excluding hydrogens is 180 g/mol. The number of hydrogen-bond acceptors (Lipinski definition) is 3. The topological polar surface area (TPSA) is 49.7 Å². The highest BCUT2D eigenvalue weighted by atomic mass is 19.2. The minimum absolute atomic E-state index is 0.0178. The number of rotatable bonds is 3. The summed E-state index contributed by atoms with van der Waals surface area (Å²) < 4.78 is 29.2. The first-order valence-electron chi connectivity index (χ1n) is 3.39. The van der Waals surface area contributed by atoms with Crippen LogP contribution in [0.2, 0.25) is 0 Å².